The highest BCUT2D eigenvalue weighted by atomic mass is 32.2. The largest absolute Gasteiger partial charge is 0.444 e. The van der Waals surface area contributed by atoms with Crippen molar-refractivity contribution in [2.45, 2.75) is 52.1 Å². The van der Waals surface area contributed by atoms with Crippen LogP contribution in [0.1, 0.15) is 46.5 Å². The van der Waals surface area contributed by atoms with E-state index in [1.165, 1.54) is 19.3 Å². The lowest BCUT2D eigenvalue weighted by molar-refractivity contribution is -0.120. The standard InChI is InChI=1S/C17H25N3O3S/c1-17(2,3)23-16(22)20-8-6-13-12(10-20)14(21)19-15(18-13)24-9-7-11-4-5-11/h11-12H,4-10H2,1-3H3. The van der Waals surface area contributed by atoms with E-state index in [1.807, 2.05) is 20.8 Å². The van der Waals surface area contributed by atoms with Crippen LogP contribution in [0.4, 0.5) is 4.79 Å². The molecule has 2 heterocycles. The first kappa shape index (κ1) is 17.5. The summed E-state index contributed by atoms with van der Waals surface area (Å²) in [5, 5.41) is 0.595. The van der Waals surface area contributed by atoms with E-state index in [0.717, 1.165) is 17.4 Å². The zero-order valence-corrected chi connectivity index (χ0v) is 15.4. The van der Waals surface area contributed by atoms with Crippen molar-refractivity contribution in [3.63, 3.8) is 0 Å². The maximum atomic E-state index is 12.3. The Hall–Kier alpha value is -1.37. The van der Waals surface area contributed by atoms with E-state index in [1.54, 1.807) is 16.7 Å². The minimum Gasteiger partial charge on any atom is -0.444 e. The molecule has 3 aliphatic rings. The van der Waals surface area contributed by atoms with Gasteiger partial charge in [0, 0.05) is 31.0 Å². The molecular formula is C17H25N3O3S. The van der Waals surface area contributed by atoms with E-state index in [4.69, 9.17) is 4.74 Å². The molecule has 0 N–H and O–H groups in total. The summed E-state index contributed by atoms with van der Waals surface area (Å²) < 4.78 is 5.39. The van der Waals surface area contributed by atoms with Crippen LogP contribution in [0, 0.1) is 11.8 Å². The Morgan fingerprint density at radius 1 is 1.33 bits per heavy atom. The molecule has 0 aromatic carbocycles. The average Bonchev–Trinajstić information content (AvgIpc) is 3.29. The molecular weight excluding hydrogens is 326 g/mol. The molecule has 132 valence electrons. The van der Waals surface area contributed by atoms with Crippen LogP contribution in [0.3, 0.4) is 0 Å². The molecule has 0 aromatic rings. The molecule has 2 amide bonds. The summed E-state index contributed by atoms with van der Waals surface area (Å²) in [7, 11) is 0. The highest BCUT2D eigenvalue weighted by molar-refractivity contribution is 8.13. The number of piperidine rings is 1. The van der Waals surface area contributed by atoms with Gasteiger partial charge in [-0.15, -0.1) is 0 Å². The topological polar surface area (TPSA) is 71.3 Å². The zero-order chi connectivity index (χ0) is 17.3. The number of ether oxygens (including phenoxy) is 1. The van der Waals surface area contributed by atoms with Gasteiger partial charge in [0.1, 0.15) is 5.60 Å². The van der Waals surface area contributed by atoms with Gasteiger partial charge < -0.3 is 9.64 Å². The molecule has 1 saturated carbocycles. The molecule has 6 nitrogen and oxygen atoms in total. The van der Waals surface area contributed by atoms with Crippen LogP contribution in [0.15, 0.2) is 9.98 Å². The van der Waals surface area contributed by atoms with Crippen molar-refractivity contribution in [3.05, 3.63) is 0 Å². The summed E-state index contributed by atoms with van der Waals surface area (Å²) in [4.78, 5) is 34.8. The van der Waals surface area contributed by atoms with Gasteiger partial charge in [0.25, 0.3) is 5.91 Å². The third-order valence-electron chi connectivity index (χ3n) is 4.29. The predicted molar refractivity (Wildman–Crippen MR) is 95.6 cm³/mol. The SMILES string of the molecule is CC(C)(C)OC(=O)N1CCC2=NC(SCCC3CC3)=NC(=O)C2C1. The summed E-state index contributed by atoms with van der Waals surface area (Å²) >= 11 is 1.58. The molecule has 1 unspecified atom stereocenters. The number of fused-ring (bicyclic) bond motifs is 1. The fourth-order valence-corrected chi connectivity index (χ4v) is 3.77. The van der Waals surface area contributed by atoms with Gasteiger partial charge >= 0.3 is 6.09 Å². The Morgan fingerprint density at radius 2 is 2.08 bits per heavy atom. The van der Waals surface area contributed by atoms with E-state index < -0.39 is 11.5 Å². The Kier molecular flexibility index (Phi) is 4.99. The van der Waals surface area contributed by atoms with Gasteiger partial charge in [0.15, 0.2) is 5.17 Å². The number of hydrogen-bond acceptors (Lipinski definition) is 5. The molecule has 0 bridgehead atoms. The van der Waals surface area contributed by atoms with Crippen LogP contribution in [-0.4, -0.2) is 52.2 Å². The van der Waals surface area contributed by atoms with Crippen molar-refractivity contribution >= 4 is 34.6 Å². The van der Waals surface area contributed by atoms with Crippen molar-refractivity contribution in [1.82, 2.24) is 4.90 Å². The van der Waals surface area contributed by atoms with Crippen molar-refractivity contribution < 1.29 is 14.3 Å². The highest BCUT2D eigenvalue weighted by Gasteiger charge is 2.37. The van der Waals surface area contributed by atoms with E-state index in [9.17, 15) is 9.59 Å². The predicted octanol–water partition coefficient (Wildman–Crippen LogP) is 3.11. The number of likely N-dealkylation sites (tertiary alicyclic amines) is 1. The summed E-state index contributed by atoms with van der Waals surface area (Å²) in [6.45, 7) is 6.36. The van der Waals surface area contributed by atoms with Crippen molar-refractivity contribution in [2.24, 2.45) is 21.8 Å². The summed E-state index contributed by atoms with van der Waals surface area (Å²) in [5.41, 5.74) is 0.328. The third kappa shape index (κ3) is 4.59. The van der Waals surface area contributed by atoms with Crippen LogP contribution < -0.4 is 0 Å². The number of carbonyl (C=O) groups is 2. The smallest absolute Gasteiger partial charge is 0.410 e. The monoisotopic (exact) mass is 351 g/mol. The summed E-state index contributed by atoms with van der Waals surface area (Å²) in [6.07, 6.45) is 4.09. The second-order valence-electron chi connectivity index (χ2n) is 7.65. The van der Waals surface area contributed by atoms with Gasteiger partial charge in [-0.1, -0.05) is 24.6 Å². The van der Waals surface area contributed by atoms with Crippen LogP contribution >= 0.6 is 11.8 Å². The molecule has 24 heavy (non-hydrogen) atoms. The Balaban J connectivity index is 1.56. The molecule has 1 aliphatic carbocycles. The van der Waals surface area contributed by atoms with Gasteiger partial charge in [-0.25, -0.2) is 9.79 Å². The second kappa shape index (κ2) is 6.86. The van der Waals surface area contributed by atoms with Gasteiger partial charge in [-0.05, 0) is 33.1 Å². The molecule has 0 spiro atoms. The number of hydrogen-bond donors (Lipinski definition) is 0. The first-order chi connectivity index (χ1) is 11.3. The lowest BCUT2D eigenvalue weighted by Crippen LogP contribution is -2.49. The van der Waals surface area contributed by atoms with E-state index in [0.29, 0.717) is 24.7 Å². The molecule has 0 radical (unpaired) electrons. The highest BCUT2D eigenvalue weighted by Crippen LogP contribution is 2.34. The number of rotatable bonds is 3. The van der Waals surface area contributed by atoms with Gasteiger partial charge in [-0.3, -0.25) is 4.79 Å². The average molecular weight is 351 g/mol. The van der Waals surface area contributed by atoms with Crippen molar-refractivity contribution in [2.75, 3.05) is 18.8 Å². The van der Waals surface area contributed by atoms with Crippen molar-refractivity contribution in [1.29, 1.82) is 0 Å². The van der Waals surface area contributed by atoms with E-state index in [2.05, 4.69) is 9.98 Å². The van der Waals surface area contributed by atoms with Crippen LogP contribution in [0.2, 0.25) is 0 Å². The maximum absolute atomic E-state index is 12.3. The lowest BCUT2D eigenvalue weighted by Gasteiger charge is -2.34. The fourth-order valence-electron chi connectivity index (χ4n) is 2.80. The lowest BCUT2D eigenvalue weighted by atomic mass is 9.94. The quantitative estimate of drug-likeness (QED) is 0.783. The number of aliphatic imine (C=N–C) groups is 2. The van der Waals surface area contributed by atoms with Crippen LogP contribution in [-0.2, 0) is 9.53 Å². The normalized spacial score (nSPS) is 24.2. The van der Waals surface area contributed by atoms with Gasteiger partial charge in [-0.2, -0.15) is 4.99 Å². The second-order valence-corrected chi connectivity index (χ2v) is 8.71. The Morgan fingerprint density at radius 3 is 2.75 bits per heavy atom. The van der Waals surface area contributed by atoms with Crippen LogP contribution in [0.5, 0.6) is 0 Å². The summed E-state index contributed by atoms with van der Waals surface area (Å²) in [6, 6.07) is 0. The first-order valence-electron chi connectivity index (χ1n) is 8.62. The summed E-state index contributed by atoms with van der Waals surface area (Å²) in [5.74, 6) is 1.26. The molecule has 2 aliphatic heterocycles. The third-order valence-corrected chi connectivity index (χ3v) is 5.17. The number of thioether (sulfide) groups is 1. The van der Waals surface area contributed by atoms with Crippen molar-refractivity contribution in [3.8, 4) is 0 Å². The number of amides is 2. The minimum absolute atomic E-state index is 0.179. The Labute approximate surface area is 147 Å². The molecule has 3 rings (SSSR count). The fraction of sp³-hybridized carbons (Fsp3) is 0.765. The molecule has 7 heteroatoms. The van der Waals surface area contributed by atoms with E-state index in [-0.39, 0.29) is 12.0 Å². The van der Waals surface area contributed by atoms with E-state index >= 15 is 0 Å². The van der Waals surface area contributed by atoms with Gasteiger partial charge in [0.2, 0.25) is 0 Å². The molecule has 0 aromatic heterocycles. The number of nitrogens with zero attached hydrogens (tertiary/aromatic N) is 3. The zero-order valence-electron chi connectivity index (χ0n) is 14.6. The van der Waals surface area contributed by atoms with Crippen LogP contribution in [0.25, 0.3) is 0 Å². The Bertz CT molecular complexity index is 590. The molecule has 1 saturated heterocycles. The number of carbonyl (C=O) groups excluding carboxylic acids is 2. The minimum atomic E-state index is -0.536. The molecule has 1 atom stereocenters. The first-order valence-corrected chi connectivity index (χ1v) is 9.61. The van der Waals surface area contributed by atoms with Gasteiger partial charge in [0.05, 0.1) is 5.92 Å². The molecule has 2 fully saturated rings. The maximum Gasteiger partial charge on any atom is 0.410 e. The number of amidine groups is 1.